The quantitative estimate of drug-likeness (QED) is 0.271. The number of hydrogen-bond donors (Lipinski definition) is 6. The molecule has 1 aromatic carbocycles. The molecular weight excluding hydrogens is 402 g/mol. The average Bonchev–Trinajstić information content (AvgIpc) is 3.06. The molecule has 6 N–H and O–H groups in total. The van der Waals surface area contributed by atoms with Gasteiger partial charge in [0.1, 0.15) is 36.1 Å². The molecule has 11 heteroatoms. The van der Waals surface area contributed by atoms with Crippen molar-refractivity contribution < 1.29 is 49.6 Å². The van der Waals surface area contributed by atoms with Crippen LogP contribution in [-0.2, 0) is 18.9 Å². The molecule has 0 bridgehead atoms. The number of hydrogen-bond acceptors (Lipinski definition) is 11. The van der Waals surface area contributed by atoms with Crippen LogP contribution in [0.15, 0.2) is 30.3 Å². The Balaban J connectivity index is 1.64. The molecule has 9 atom stereocenters. The van der Waals surface area contributed by atoms with Crippen LogP contribution in [0, 0.1) is 11.3 Å². The topological polar surface area (TPSA) is 182 Å². The van der Waals surface area contributed by atoms with Gasteiger partial charge in [-0.3, -0.25) is 0 Å². The van der Waals surface area contributed by atoms with Crippen LogP contribution in [0.1, 0.15) is 11.7 Å². The van der Waals surface area contributed by atoms with E-state index in [1.54, 1.807) is 30.3 Å². The van der Waals surface area contributed by atoms with Crippen molar-refractivity contribution >= 4 is 0 Å². The predicted octanol–water partition coefficient (Wildman–Crippen LogP) is -2.47. The van der Waals surface area contributed by atoms with Crippen molar-refractivity contribution in [3.8, 4) is 6.07 Å². The number of nitriles is 1. The summed E-state index contributed by atoms with van der Waals surface area (Å²) < 4.78 is 21.5. The molecule has 166 valence electrons. The fraction of sp³-hybridized carbons (Fsp3) is 0.632. The lowest BCUT2D eigenvalue weighted by Crippen LogP contribution is -2.59. The molecule has 0 saturated carbocycles. The lowest BCUT2D eigenvalue weighted by molar-refractivity contribution is -0.315. The van der Waals surface area contributed by atoms with Crippen LogP contribution >= 0.6 is 0 Å². The van der Waals surface area contributed by atoms with Crippen molar-refractivity contribution in [1.82, 2.24) is 0 Å². The van der Waals surface area contributed by atoms with Crippen molar-refractivity contribution in [3.63, 3.8) is 0 Å². The number of ether oxygens (including phenoxy) is 4. The number of aliphatic hydroxyl groups excluding tert-OH is 5. The van der Waals surface area contributed by atoms with Gasteiger partial charge in [-0.05, 0) is 5.56 Å². The normalized spacial score (nSPS) is 40.1. The largest absolute Gasteiger partial charge is 0.393 e. The van der Waals surface area contributed by atoms with Gasteiger partial charge in [-0.15, -0.1) is 0 Å². The zero-order valence-corrected chi connectivity index (χ0v) is 15.9. The Bertz CT molecular complexity index is 730. The average molecular weight is 427 g/mol. The van der Waals surface area contributed by atoms with Crippen LogP contribution in [0.3, 0.4) is 0 Å². The minimum atomic E-state index is -1.88. The lowest BCUT2D eigenvalue weighted by Gasteiger charge is -2.41. The van der Waals surface area contributed by atoms with Gasteiger partial charge in [0.15, 0.2) is 18.7 Å². The molecule has 0 radical (unpaired) electrons. The molecule has 1 aromatic rings. The van der Waals surface area contributed by atoms with E-state index in [4.69, 9.17) is 24.1 Å². The minimum Gasteiger partial charge on any atom is -0.393 e. The maximum atomic E-state index is 10.2. The maximum absolute atomic E-state index is 10.2. The molecule has 11 nitrogen and oxygen atoms in total. The highest BCUT2D eigenvalue weighted by Gasteiger charge is 2.50. The predicted molar refractivity (Wildman–Crippen MR) is 96.3 cm³/mol. The molecule has 2 aliphatic rings. The van der Waals surface area contributed by atoms with E-state index in [1.807, 2.05) is 6.07 Å². The summed E-state index contributed by atoms with van der Waals surface area (Å²) >= 11 is 0. The Morgan fingerprint density at radius 3 is 2.40 bits per heavy atom. The second kappa shape index (κ2) is 9.63. The number of benzene rings is 1. The summed E-state index contributed by atoms with van der Waals surface area (Å²) in [5.41, 5.74) is -1.37. The monoisotopic (exact) mass is 427 g/mol. The highest BCUT2D eigenvalue weighted by atomic mass is 16.7. The fourth-order valence-electron chi connectivity index (χ4n) is 3.24. The van der Waals surface area contributed by atoms with E-state index in [2.05, 4.69) is 0 Å². The summed E-state index contributed by atoms with van der Waals surface area (Å²) in [4.78, 5) is 0. The standard InChI is InChI=1S/C19H25NO10/c20-6-11(10-4-2-1-3-5-10)29-17-15(24)14(23)13(22)12(30-17)7-27-18-16(25)19(26,8-21)9-28-18/h1-5,11-18,21-26H,7-9H2/t11?,12-,13-,14+,15-,16+,17-,18-,19-/m1/s1. The molecule has 2 heterocycles. The van der Waals surface area contributed by atoms with Gasteiger partial charge in [0.05, 0.1) is 25.9 Å². The molecule has 2 saturated heterocycles. The molecule has 3 rings (SSSR count). The minimum absolute atomic E-state index is 0.364. The van der Waals surface area contributed by atoms with Crippen molar-refractivity contribution in [2.24, 2.45) is 0 Å². The molecule has 2 aliphatic heterocycles. The van der Waals surface area contributed by atoms with Crippen molar-refractivity contribution in [3.05, 3.63) is 35.9 Å². The fourth-order valence-corrected chi connectivity index (χ4v) is 3.24. The summed E-state index contributed by atoms with van der Waals surface area (Å²) in [5.74, 6) is 0. The molecule has 2 fully saturated rings. The van der Waals surface area contributed by atoms with Crippen molar-refractivity contribution in [2.75, 3.05) is 19.8 Å². The maximum Gasteiger partial charge on any atom is 0.188 e. The first-order valence-corrected chi connectivity index (χ1v) is 9.35. The first kappa shape index (κ1) is 23.0. The molecule has 0 spiro atoms. The Hall–Kier alpha value is -1.69. The second-order valence-electron chi connectivity index (χ2n) is 7.29. The van der Waals surface area contributed by atoms with E-state index >= 15 is 0 Å². The van der Waals surface area contributed by atoms with E-state index in [0.29, 0.717) is 5.56 Å². The Kier molecular flexibility index (Phi) is 7.38. The molecule has 0 aliphatic carbocycles. The highest BCUT2D eigenvalue weighted by Crippen LogP contribution is 2.29. The third-order valence-electron chi connectivity index (χ3n) is 5.16. The van der Waals surface area contributed by atoms with Gasteiger partial charge in [-0.1, -0.05) is 30.3 Å². The SMILES string of the molecule is N#CC(O[C@@H]1O[C@H](CO[C@@H]2OC[C@](O)(CO)[C@H]2O)[C@@H](O)[C@H](O)[C@H]1O)c1ccccc1. The zero-order valence-electron chi connectivity index (χ0n) is 15.9. The van der Waals surface area contributed by atoms with Crippen LogP contribution < -0.4 is 0 Å². The van der Waals surface area contributed by atoms with Gasteiger partial charge in [0.2, 0.25) is 0 Å². The first-order valence-electron chi connectivity index (χ1n) is 9.35. The van der Waals surface area contributed by atoms with Gasteiger partial charge in [0, 0.05) is 0 Å². The number of aliphatic hydroxyl groups is 6. The van der Waals surface area contributed by atoms with Crippen LogP contribution in [0.2, 0.25) is 0 Å². The molecule has 1 unspecified atom stereocenters. The van der Waals surface area contributed by atoms with Crippen LogP contribution in [0.5, 0.6) is 0 Å². The van der Waals surface area contributed by atoms with E-state index in [9.17, 15) is 30.8 Å². The van der Waals surface area contributed by atoms with Crippen LogP contribution in [0.4, 0.5) is 0 Å². The molecular formula is C19H25NO10. The van der Waals surface area contributed by atoms with E-state index < -0.39 is 68.0 Å². The van der Waals surface area contributed by atoms with Gasteiger partial charge >= 0.3 is 0 Å². The van der Waals surface area contributed by atoms with Crippen molar-refractivity contribution in [2.45, 2.75) is 54.8 Å². The molecule has 0 aromatic heterocycles. The Labute approximate surface area is 172 Å². The summed E-state index contributed by atoms with van der Waals surface area (Å²) in [6, 6.07) is 10.4. The third-order valence-corrected chi connectivity index (χ3v) is 5.16. The second-order valence-corrected chi connectivity index (χ2v) is 7.29. The van der Waals surface area contributed by atoms with Crippen LogP contribution in [-0.4, -0.2) is 99.2 Å². The van der Waals surface area contributed by atoms with Gasteiger partial charge in [-0.25, -0.2) is 0 Å². The summed E-state index contributed by atoms with van der Waals surface area (Å²) in [6.07, 6.45) is -11.5. The highest BCUT2D eigenvalue weighted by molar-refractivity contribution is 5.22. The number of nitrogens with zero attached hydrogens (tertiary/aromatic N) is 1. The Morgan fingerprint density at radius 1 is 1.10 bits per heavy atom. The summed E-state index contributed by atoms with van der Waals surface area (Å²) in [6.45, 7) is -1.51. The van der Waals surface area contributed by atoms with Gasteiger partial charge in [-0.2, -0.15) is 5.26 Å². The summed E-state index contributed by atoms with van der Waals surface area (Å²) in [5, 5.41) is 69.1. The Morgan fingerprint density at radius 2 is 1.80 bits per heavy atom. The smallest absolute Gasteiger partial charge is 0.188 e. The van der Waals surface area contributed by atoms with Crippen molar-refractivity contribution in [1.29, 1.82) is 5.26 Å². The first-order chi connectivity index (χ1) is 14.3. The third kappa shape index (κ3) is 4.63. The van der Waals surface area contributed by atoms with E-state index in [0.717, 1.165) is 0 Å². The van der Waals surface area contributed by atoms with E-state index in [1.165, 1.54) is 0 Å². The number of rotatable bonds is 7. The zero-order chi connectivity index (χ0) is 21.9. The van der Waals surface area contributed by atoms with Gasteiger partial charge < -0.3 is 49.6 Å². The van der Waals surface area contributed by atoms with Crippen LogP contribution in [0.25, 0.3) is 0 Å². The van der Waals surface area contributed by atoms with E-state index in [-0.39, 0.29) is 6.61 Å². The van der Waals surface area contributed by atoms with Gasteiger partial charge in [0.25, 0.3) is 0 Å². The molecule has 0 amide bonds. The summed E-state index contributed by atoms with van der Waals surface area (Å²) in [7, 11) is 0. The lowest BCUT2D eigenvalue weighted by atomic mass is 9.99. The molecule has 30 heavy (non-hydrogen) atoms.